The quantitative estimate of drug-likeness (QED) is 0.298. The van der Waals surface area contributed by atoms with E-state index < -0.39 is 36.3 Å². The van der Waals surface area contributed by atoms with Crippen LogP contribution in [0.3, 0.4) is 0 Å². The van der Waals surface area contributed by atoms with Crippen LogP contribution >= 0.6 is 18.9 Å². The molecule has 10 nitrogen and oxygen atoms in total. The molecule has 47 heavy (non-hydrogen) atoms. The van der Waals surface area contributed by atoms with Crippen molar-refractivity contribution in [1.82, 2.24) is 15.1 Å². The first kappa shape index (κ1) is 33.2. The smallest absolute Gasteiger partial charge is 0.339 e. The summed E-state index contributed by atoms with van der Waals surface area (Å²) in [7, 11) is -5.77. The van der Waals surface area contributed by atoms with Gasteiger partial charge in [-0.1, -0.05) is 49.2 Å². The highest BCUT2D eigenvalue weighted by Gasteiger charge is 2.52. The summed E-state index contributed by atoms with van der Waals surface area (Å²) in [6.45, 7) is 2.31. The van der Waals surface area contributed by atoms with E-state index in [9.17, 15) is 33.0 Å². The Morgan fingerprint density at radius 2 is 1.83 bits per heavy atom. The fourth-order valence-corrected chi connectivity index (χ4v) is 8.68. The summed E-state index contributed by atoms with van der Waals surface area (Å²) >= 11 is 1.01. The second-order valence-electron chi connectivity index (χ2n) is 12.9. The fourth-order valence-electron chi connectivity index (χ4n) is 7.27. The van der Waals surface area contributed by atoms with Crippen molar-refractivity contribution >= 4 is 46.7 Å². The number of hydrogen-bond acceptors (Lipinski definition) is 6. The average molecular weight is 685 g/mol. The van der Waals surface area contributed by atoms with Crippen molar-refractivity contribution in [1.29, 1.82) is 5.26 Å². The molecule has 3 N–H and O–H groups in total. The Balaban J connectivity index is 1.22. The molecule has 3 fully saturated rings. The first-order valence-corrected chi connectivity index (χ1v) is 18.0. The van der Waals surface area contributed by atoms with Gasteiger partial charge in [-0.05, 0) is 61.8 Å². The summed E-state index contributed by atoms with van der Waals surface area (Å²) in [5, 5.41) is 13.0. The molecule has 0 unspecified atom stereocenters. The molecule has 2 aromatic carbocycles. The third-order valence-corrected chi connectivity index (χ3v) is 11.9. The molecule has 4 heterocycles. The molecule has 0 saturated carbocycles. The maximum Gasteiger partial charge on any atom is 0.399 e. The minimum absolute atomic E-state index is 0.129. The van der Waals surface area contributed by atoms with Gasteiger partial charge in [0.25, 0.3) is 5.91 Å². The largest absolute Gasteiger partial charge is 0.399 e. The Hall–Kier alpha value is -3.69. The van der Waals surface area contributed by atoms with Crippen molar-refractivity contribution in [3.63, 3.8) is 0 Å². The number of nitriles is 1. The second-order valence-corrected chi connectivity index (χ2v) is 15.7. The van der Waals surface area contributed by atoms with Gasteiger partial charge in [-0.25, -0.2) is 0 Å². The van der Waals surface area contributed by atoms with Gasteiger partial charge >= 0.3 is 13.3 Å². The van der Waals surface area contributed by atoms with E-state index in [-0.39, 0.29) is 46.5 Å². The number of thiophene rings is 1. The molecule has 3 aliphatic rings. The third-order valence-electron chi connectivity index (χ3n) is 9.83. The Morgan fingerprint density at radius 1 is 1.09 bits per heavy atom. The van der Waals surface area contributed by atoms with Crippen LogP contribution in [0.5, 0.6) is 0 Å². The van der Waals surface area contributed by atoms with E-state index in [1.807, 2.05) is 30.3 Å². The van der Waals surface area contributed by atoms with E-state index in [1.54, 1.807) is 16.7 Å². The van der Waals surface area contributed by atoms with E-state index in [0.29, 0.717) is 36.9 Å². The lowest BCUT2D eigenvalue weighted by molar-refractivity contribution is -0.149. The van der Waals surface area contributed by atoms with Gasteiger partial charge in [-0.3, -0.25) is 18.9 Å². The van der Waals surface area contributed by atoms with Crippen LogP contribution in [0.1, 0.15) is 72.2 Å². The molecular weight excluding hydrogens is 649 g/mol. The Morgan fingerprint density at radius 3 is 2.53 bits per heavy atom. The van der Waals surface area contributed by atoms with Crippen LogP contribution < -0.4 is 5.32 Å². The Bertz CT molecular complexity index is 1810. The van der Waals surface area contributed by atoms with Crippen LogP contribution in [0, 0.1) is 17.2 Å². The first-order valence-electron chi connectivity index (χ1n) is 15.6. The normalized spacial score (nSPS) is 26.9. The number of hydrogen-bond donors (Lipinski definition) is 3. The molecule has 3 aromatic rings. The van der Waals surface area contributed by atoms with Crippen molar-refractivity contribution in [3.05, 3.63) is 70.6 Å². The molecule has 6 rings (SSSR count). The summed E-state index contributed by atoms with van der Waals surface area (Å²) in [4.78, 5) is 63.7. The minimum atomic E-state index is -5.77. The summed E-state index contributed by atoms with van der Waals surface area (Å²) < 4.78 is 40.5. The number of nitrogens with one attached hydrogen (secondary N) is 1. The van der Waals surface area contributed by atoms with E-state index in [0.717, 1.165) is 41.9 Å². The van der Waals surface area contributed by atoms with Gasteiger partial charge in [0.1, 0.15) is 11.6 Å². The lowest BCUT2D eigenvalue weighted by Crippen LogP contribution is -2.62. The standard InChI is InChI=1S/C33H35F2N4O6PS/c1-32(37-29(40)28-16-21-15-23(10-13-27(21)47-28)33(34,35)46(43,44)45)14-6-5-9-24-11-12-26(39(24)31(32)42)30(41)38-18-22(17-36)25(19-38)20-7-3-2-4-8-20/h2-4,7-8,10,13,15-16,22,24-26H,5-6,9,11-12,14,18-19H2,1H3,(H,37,40)(H2,43,44,45)/t22-,24-,25+,26-,32-/m0/s1. The van der Waals surface area contributed by atoms with Crippen molar-refractivity contribution in [2.45, 2.75) is 74.7 Å². The zero-order valence-corrected chi connectivity index (χ0v) is 27.4. The van der Waals surface area contributed by atoms with Crippen molar-refractivity contribution < 1.29 is 37.5 Å². The predicted octanol–water partition coefficient (Wildman–Crippen LogP) is 5.32. The molecule has 3 aliphatic heterocycles. The summed E-state index contributed by atoms with van der Waals surface area (Å²) in [5.74, 6) is -1.64. The van der Waals surface area contributed by atoms with Gasteiger partial charge in [-0.15, -0.1) is 11.3 Å². The zero-order chi connectivity index (χ0) is 33.7. The number of carbonyl (C=O) groups is 3. The second kappa shape index (κ2) is 12.4. The summed E-state index contributed by atoms with van der Waals surface area (Å²) in [6.07, 6.45) is 3.69. The zero-order valence-electron chi connectivity index (χ0n) is 25.6. The molecule has 0 bridgehead atoms. The van der Waals surface area contributed by atoms with Gasteiger partial charge < -0.3 is 24.9 Å². The number of fused-ring (bicyclic) bond motifs is 2. The molecule has 3 saturated heterocycles. The molecule has 248 valence electrons. The van der Waals surface area contributed by atoms with Crippen LogP contribution in [-0.4, -0.2) is 68.0 Å². The number of nitrogens with zero attached hydrogens (tertiary/aromatic N) is 3. The van der Waals surface area contributed by atoms with Gasteiger partial charge in [0.15, 0.2) is 0 Å². The van der Waals surface area contributed by atoms with Crippen molar-refractivity contribution in [2.75, 3.05) is 13.1 Å². The summed E-state index contributed by atoms with van der Waals surface area (Å²) in [5.41, 5.74) is -5.61. The predicted molar refractivity (Wildman–Crippen MR) is 171 cm³/mol. The molecule has 5 atom stereocenters. The van der Waals surface area contributed by atoms with Crippen molar-refractivity contribution in [2.24, 2.45) is 5.92 Å². The molecule has 3 amide bonds. The number of carbonyl (C=O) groups excluding carboxylic acids is 3. The SMILES string of the molecule is C[C@]1(NC(=O)c2cc3cc(C(F)(F)P(=O)(O)O)ccc3s2)CCCC[C@H]2CC[C@@H](C(=O)N3C[C@H](c4ccccc4)[C@@H](C#N)C3)N2C1=O. The first-order chi connectivity index (χ1) is 22.2. The maximum atomic E-state index is 14.4. The minimum Gasteiger partial charge on any atom is -0.339 e. The highest BCUT2D eigenvalue weighted by molar-refractivity contribution is 7.52. The Kier molecular flexibility index (Phi) is 8.76. The van der Waals surface area contributed by atoms with Gasteiger partial charge in [0, 0.05) is 35.3 Å². The molecule has 14 heteroatoms. The number of amides is 3. The van der Waals surface area contributed by atoms with Gasteiger partial charge in [0.2, 0.25) is 11.8 Å². The van der Waals surface area contributed by atoms with Crippen molar-refractivity contribution in [3.8, 4) is 6.07 Å². The van der Waals surface area contributed by atoms with E-state index >= 15 is 0 Å². The molecule has 0 aliphatic carbocycles. The number of alkyl halides is 2. The van der Waals surface area contributed by atoms with E-state index in [1.165, 1.54) is 12.1 Å². The lowest BCUT2D eigenvalue weighted by Gasteiger charge is -2.41. The molecule has 0 radical (unpaired) electrons. The van der Waals surface area contributed by atoms with Crippen LogP contribution in [0.4, 0.5) is 8.78 Å². The number of likely N-dealkylation sites (tertiary alicyclic amines) is 1. The molecule has 1 aromatic heterocycles. The van der Waals surface area contributed by atoms with Crippen LogP contribution in [0.25, 0.3) is 10.1 Å². The number of benzene rings is 2. The Labute approximate surface area is 274 Å². The van der Waals surface area contributed by atoms with E-state index in [4.69, 9.17) is 9.79 Å². The third kappa shape index (κ3) is 6.08. The van der Waals surface area contributed by atoms with Crippen LogP contribution in [0.15, 0.2) is 54.6 Å². The highest BCUT2D eigenvalue weighted by atomic mass is 32.1. The monoisotopic (exact) mass is 684 g/mol. The van der Waals surface area contributed by atoms with Gasteiger partial charge in [0.05, 0.1) is 16.9 Å². The van der Waals surface area contributed by atoms with Crippen LogP contribution in [0.2, 0.25) is 0 Å². The summed E-state index contributed by atoms with van der Waals surface area (Å²) in [6, 6.07) is 15.6. The molecule has 0 spiro atoms. The topological polar surface area (TPSA) is 151 Å². The number of halogens is 2. The fraction of sp³-hybridized carbons (Fsp3) is 0.455. The lowest BCUT2D eigenvalue weighted by atomic mass is 9.88. The molecular formula is C33H35F2N4O6PS. The van der Waals surface area contributed by atoms with Crippen LogP contribution in [-0.2, 0) is 19.8 Å². The van der Waals surface area contributed by atoms with Gasteiger partial charge in [-0.2, -0.15) is 14.0 Å². The average Bonchev–Trinajstić information content (AvgIpc) is 3.78. The number of rotatable bonds is 6. The maximum absolute atomic E-state index is 14.4. The highest BCUT2D eigenvalue weighted by Crippen LogP contribution is 2.59. The van der Waals surface area contributed by atoms with E-state index in [2.05, 4.69) is 11.4 Å².